The third-order valence-corrected chi connectivity index (χ3v) is 1.90. The normalized spacial score (nSPS) is 8.89. The molecule has 9 heavy (non-hydrogen) atoms. The molecule has 0 atom stereocenters. The van der Waals surface area contributed by atoms with Crippen molar-refractivity contribution in [1.29, 1.82) is 0 Å². The van der Waals surface area contributed by atoms with Crippen molar-refractivity contribution in [3.63, 3.8) is 0 Å². The number of thiophene rings is 1. The Labute approximate surface area is 58.4 Å². The third kappa shape index (κ3) is 1.08. The fourth-order valence-corrected chi connectivity index (χ4v) is 1.30. The van der Waals surface area contributed by atoms with Gasteiger partial charge in [-0.25, -0.2) is 0 Å². The van der Waals surface area contributed by atoms with Crippen LogP contribution in [0.4, 0.5) is 5.00 Å². The highest BCUT2D eigenvalue weighted by molar-refractivity contribution is 7.14. The van der Waals surface area contributed by atoms with Crippen LogP contribution in [0.3, 0.4) is 0 Å². The summed E-state index contributed by atoms with van der Waals surface area (Å²) in [5.41, 5.74) is 1.06. The van der Waals surface area contributed by atoms with Crippen LogP contribution in [0.15, 0.2) is 23.0 Å². The second-order valence-electron chi connectivity index (χ2n) is 1.54. The Bertz CT molecular complexity index is 202. The Balaban J connectivity index is 3.12. The number of rotatable bonds is 2. The minimum atomic E-state index is 0.949. The van der Waals surface area contributed by atoms with E-state index in [1.807, 2.05) is 11.4 Å². The summed E-state index contributed by atoms with van der Waals surface area (Å²) in [7, 11) is 0. The molecule has 0 aliphatic heterocycles. The SMILES string of the molecule is C=Cc1ccsc1N=C. The highest BCUT2D eigenvalue weighted by Gasteiger charge is 1.94. The lowest BCUT2D eigenvalue weighted by Gasteiger charge is -1.84. The maximum atomic E-state index is 3.80. The van der Waals surface area contributed by atoms with Gasteiger partial charge in [-0.05, 0) is 18.2 Å². The molecule has 1 heterocycles. The summed E-state index contributed by atoms with van der Waals surface area (Å²) in [6, 6.07) is 1.97. The lowest BCUT2D eigenvalue weighted by molar-refractivity contribution is 1.66. The predicted octanol–water partition coefficient (Wildman–Crippen LogP) is 2.72. The largest absolute Gasteiger partial charge is 0.253 e. The zero-order chi connectivity index (χ0) is 6.69. The van der Waals surface area contributed by atoms with Crippen molar-refractivity contribution in [3.8, 4) is 0 Å². The van der Waals surface area contributed by atoms with Gasteiger partial charge in [-0.15, -0.1) is 11.3 Å². The Morgan fingerprint density at radius 3 is 2.89 bits per heavy atom. The second-order valence-corrected chi connectivity index (χ2v) is 2.44. The molecule has 0 amide bonds. The van der Waals surface area contributed by atoms with Crippen molar-refractivity contribution in [1.82, 2.24) is 0 Å². The van der Waals surface area contributed by atoms with Crippen LogP contribution in [0.5, 0.6) is 0 Å². The zero-order valence-electron chi connectivity index (χ0n) is 5.00. The van der Waals surface area contributed by atoms with E-state index in [4.69, 9.17) is 0 Å². The molecule has 1 aromatic heterocycles. The van der Waals surface area contributed by atoms with Crippen LogP contribution in [-0.4, -0.2) is 6.72 Å². The van der Waals surface area contributed by atoms with E-state index in [0.717, 1.165) is 10.6 Å². The van der Waals surface area contributed by atoms with E-state index < -0.39 is 0 Å². The van der Waals surface area contributed by atoms with E-state index in [0.29, 0.717) is 0 Å². The highest BCUT2D eigenvalue weighted by atomic mass is 32.1. The molecule has 0 N–H and O–H groups in total. The number of hydrogen-bond donors (Lipinski definition) is 0. The van der Waals surface area contributed by atoms with Crippen LogP contribution in [-0.2, 0) is 0 Å². The van der Waals surface area contributed by atoms with Crippen LogP contribution >= 0.6 is 11.3 Å². The molecule has 2 heteroatoms. The average Bonchev–Trinajstić information content (AvgIpc) is 2.33. The molecule has 0 radical (unpaired) electrons. The van der Waals surface area contributed by atoms with Crippen LogP contribution in [0, 0.1) is 0 Å². The first-order valence-corrected chi connectivity index (χ1v) is 3.43. The van der Waals surface area contributed by atoms with E-state index in [1.165, 1.54) is 0 Å². The molecule has 0 saturated carbocycles. The molecule has 46 valence electrons. The van der Waals surface area contributed by atoms with E-state index >= 15 is 0 Å². The smallest absolute Gasteiger partial charge is 0.122 e. The quantitative estimate of drug-likeness (QED) is 0.556. The van der Waals surface area contributed by atoms with Crippen LogP contribution in [0.25, 0.3) is 6.08 Å². The summed E-state index contributed by atoms with van der Waals surface area (Å²) in [5.74, 6) is 0. The Morgan fingerprint density at radius 1 is 1.67 bits per heavy atom. The topological polar surface area (TPSA) is 12.4 Å². The molecule has 1 rings (SSSR count). The fourth-order valence-electron chi connectivity index (χ4n) is 0.595. The van der Waals surface area contributed by atoms with Crippen LogP contribution < -0.4 is 0 Å². The van der Waals surface area contributed by atoms with Gasteiger partial charge in [0.05, 0.1) is 0 Å². The number of nitrogens with zero attached hydrogens (tertiary/aromatic N) is 1. The van der Waals surface area contributed by atoms with Crippen molar-refractivity contribution < 1.29 is 0 Å². The molecular formula is C7H7NS. The van der Waals surface area contributed by atoms with Gasteiger partial charge in [0.1, 0.15) is 5.00 Å². The number of aliphatic imine (C=N–C) groups is 1. The average molecular weight is 137 g/mol. The van der Waals surface area contributed by atoms with Gasteiger partial charge in [0.15, 0.2) is 0 Å². The van der Waals surface area contributed by atoms with Crippen molar-refractivity contribution in [2.24, 2.45) is 4.99 Å². The maximum absolute atomic E-state index is 3.80. The van der Waals surface area contributed by atoms with E-state index in [-0.39, 0.29) is 0 Å². The number of hydrogen-bond acceptors (Lipinski definition) is 2. The van der Waals surface area contributed by atoms with Crippen LogP contribution in [0.2, 0.25) is 0 Å². The van der Waals surface area contributed by atoms with Crippen molar-refractivity contribution >= 4 is 29.1 Å². The maximum Gasteiger partial charge on any atom is 0.122 e. The van der Waals surface area contributed by atoms with Gasteiger partial charge in [-0.2, -0.15) is 0 Å². The van der Waals surface area contributed by atoms with E-state index in [1.54, 1.807) is 17.4 Å². The van der Waals surface area contributed by atoms with E-state index in [9.17, 15) is 0 Å². The molecule has 1 nitrogen and oxygen atoms in total. The Hall–Kier alpha value is -0.890. The monoisotopic (exact) mass is 137 g/mol. The Kier molecular flexibility index (Phi) is 1.80. The molecule has 0 aromatic carbocycles. The lowest BCUT2D eigenvalue weighted by Crippen LogP contribution is -1.57. The molecular weight excluding hydrogens is 130 g/mol. The second kappa shape index (κ2) is 2.60. The summed E-state index contributed by atoms with van der Waals surface area (Å²) < 4.78 is 0. The summed E-state index contributed by atoms with van der Waals surface area (Å²) in [4.78, 5) is 3.80. The molecule has 0 bridgehead atoms. The van der Waals surface area contributed by atoms with Gasteiger partial charge in [-0.1, -0.05) is 12.7 Å². The van der Waals surface area contributed by atoms with E-state index in [2.05, 4.69) is 18.3 Å². The molecule has 0 fully saturated rings. The summed E-state index contributed by atoms with van der Waals surface area (Å²) in [5, 5.41) is 2.92. The molecule has 1 aromatic rings. The minimum absolute atomic E-state index is 0.949. The van der Waals surface area contributed by atoms with Crippen molar-refractivity contribution in [2.75, 3.05) is 0 Å². The third-order valence-electron chi connectivity index (χ3n) is 1.04. The van der Waals surface area contributed by atoms with Gasteiger partial charge >= 0.3 is 0 Å². The first-order chi connectivity index (χ1) is 4.38. The standard InChI is InChI=1S/C7H7NS/c1-3-6-4-5-9-7(6)8-2/h3-5H,1-2H2. The van der Waals surface area contributed by atoms with Gasteiger partial charge in [0.2, 0.25) is 0 Å². The zero-order valence-corrected chi connectivity index (χ0v) is 5.82. The predicted molar refractivity (Wildman–Crippen MR) is 43.6 cm³/mol. The van der Waals surface area contributed by atoms with Gasteiger partial charge < -0.3 is 0 Å². The molecule has 0 aliphatic carbocycles. The fraction of sp³-hybridized carbons (Fsp3) is 0. The molecule has 0 saturated heterocycles. The first kappa shape index (κ1) is 6.23. The van der Waals surface area contributed by atoms with Gasteiger partial charge in [0.25, 0.3) is 0 Å². The van der Waals surface area contributed by atoms with Crippen molar-refractivity contribution in [3.05, 3.63) is 23.6 Å². The molecule has 0 spiro atoms. The molecule has 0 aliphatic rings. The molecule has 0 unspecified atom stereocenters. The van der Waals surface area contributed by atoms with Crippen molar-refractivity contribution in [2.45, 2.75) is 0 Å². The van der Waals surface area contributed by atoms with Gasteiger partial charge in [-0.3, -0.25) is 4.99 Å². The summed E-state index contributed by atoms with van der Waals surface area (Å²) in [6.45, 7) is 7.06. The lowest BCUT2D eigenvalue weighted by atomic mass is 10.3. The summed E-state index contributed by atoms with van der Waals surface area (Å²) >= 11 is 1.57. The van der Waals surface area contributed by atoms with Crippen LogP contribution in [0.1, 0.15) is 5.56 Å². The first-order valence-electron chi connectivity index (χ1n) is 2.55. The summed E-state index contributed by atoms with van der Waals surface area (Å²) in [6.07, 6.45) is 1.78. The highest BCUT2D eigenvalue weighted by Crippen LogP contribution is 2.26. The minimum Gasteiger partial charge on any atom is -0.253 e. The van der Waals surface area contributed by atoms with Gasteiger partial charge in [0, 0.05) is 5.56 Å². The Morgan fingerprint density at radius 2 is 2.44 bits per heavy atom.